The molecule has 0 radical (unpaired) electrons. The topological polar surface area (TPSA) is 99.2 Å². The third-order valence-corrected chi connectivity index (χ3v) is 7.35. The molecular formula is C19H21N3O3S2. The first kappa shape index (κ1) is 18.5. The number of nitrogens with two attached hydrogens (primary N) is 1. The zero-order valence-electron chi connectivity index (χ0n) is 14.5. The Kier molecular flexibility index (Phi) is 5.23. The molecule has 1 amide bonds. The summed E-state index contributed by atoms with van der Waals surface area (Å²) in [5.41, 5.74) is 6.41. The van der Waals surface area contributed by atoms with Crippen molar-refractivity contribution in [3.63, 3.8) is 0 Å². The minimum absolute atomic E-state index is 0.177. The quantitative estimate of drug-likeness (QED) is 0.725. The number of fused-ring (bicyclic) bond motifs is 1. The summed E-state index contributed by atoms with van der Waals surface area (Å²) in [7, 11) is 0. The van der Waals surface area contributed by atoms with Crippen molar-refractivity contribution in [2.75, 3.05) is 0 Å². The fourth-order valence-electron chi connectivity index (χ4n) is 3.75. The zero-order valence-corrected chi connectivity index (χ0v) is 16.1. The van der Waals surface area contributed by atoms with Gasteiger partial charge < -0.3 is 20.8 Å². The molecular weight excluding hydrogens is 382 g/mol. The summed E-state index contributed by atoms with van der Waals surface area (Å²) in [4.78, 5) is 19.9. The number of amidine groups is 1. The Bertz CT molecular complexity index is 828. The van der Waals surface area contributed by atoms with Gasteiger partial charge in [-0.2, -0.15) is 0 Å². The zero-order chi connectivity index (χ0) is 19.0. The predicted octanol–water partition coefficient (Wildman–Crippen LogP) is 1.95. The van der Waals surface area contributed by atoms with Gasteiger partial charge in [-0.25, -0.2) is 4.99 Å². The van der Waals surface area contributed by atoms with Crippen LogP contribution in [0.3, 0.4) is 0 Å². The van der Waals surface area contributed by atoms with Gasteiger partial charge in [-0.05, 0) is 30.0 Å². The highest BCUT2D eigenvalue weighted by Crippen LogP contribution is 2.45. The molecule has 1 saturated carbocycles. The number of thiophene rings is 1. The van der Waals surface area contributed by atoms with E-state index in [1.165, 1.54) is 11.8 Å². The molecule has 27 heavy (non-hydrogen) atoms. The lowest BCUT2D eigenvalue weighted by atomic mass is 9.80. The summed E-state index contributed by atoms with van der Waals surface area (Å²) in [6.45, 7) is 0.562. The Morgan fingerprint density at radius 2 is 2.00 bits per heavy atom. The van der Waals surface area contributed by atoms with E-state index in [1.807, 2.05) is 52.7 Å². The Balaban J connectivity index is 1.74. The van der Waals surface area contributed by atoms with E-state index in [9.17, 15) is 15.0 Å². The first-order valence-corrected chi connectivity index (χ1v) is 10.6. The smallest absolute Gasteiger partial charge is 0.221 e. The number of aliphatic hydroxyl groups excluding tert-OH is 2. The van der Waals surface area contributed by atoms with Gasteiger partial charge in [0.25, 0.3) is 0 Å². The van der Waals surface area contributed by atoms with Crippen LogP contribution in [-0.4, -0.2) is 49.7 Å². The van der Waals surface area contributed by atoms with E-state index in [1.54, 1.807) is 11.3 Å². The number of carbonyl (C=O) groups excluding carboxylic acids is 1. The van der Waals surface area contributed by atoms with Crippen molar-refractivity contribution in [1.29, 1.82) is 0 Å². The van der Waals surface area contributed by atoms with Gasteiger partial charge in [-0.1, -0.05) is 36.0 Å². The number of aliphatic hydroxyl groups is 2. The average Bonchev–Trinajstić information content (AvgIpc) is 3.28. The summed E-state index contributed by atoms with van der Waals surface area (Å²) in [6.07, 6.45) is -1.76. The highest BCUT2D eigenvalue weighted by Gasteiger charge is 2.54. The first-order chi connectivity index (χ1) is 13.0. The maximum absolute atomic E-state index is 12.0. The van der Waals surface area contributed by atoms with Crippen molar-refractivity contribution in [3.05, 3.63) is 52.7 Å². The molecule has 2 heterocycles. The van der Waals surface area contributed by atoms with Gasteiger partial charge in [0, 0.05) is 10.1 Å². The van der Waals surface area contributed by atoms with Crippen molar-refractivity contribution in [3.8, 4) is 0 Å². The molecule has 6 nitrogen and oxygen atoms in total. The SMILES string of the molecule is NC(=O)[C@H]1C[C@@H](O)[C@H](O)[C@@H]2[C@@H]1SC(=Nc1ccccc1)N2Cc1cccs1. The molecule has 2 fully saturated rings. The predicted molar refractivity (Wildman–Crippen MR) is 108 cm³/mol. The van der Waals surface area contributed by atoms with Gasteiger partial charge in [0.2, 0.25) is 5.91 Å². The molecule has 1 aromatic heterocycles. The summed E-state index contributed by atoms with van der Waals surface area (Å²) >= 11 is 3.10. The van der Waals surface area contributed by atoms with Gasteiger partial charge >= 0.3 is 0 Å². The van der Waals surface area contributed by atoms with E-state index < -0.39 is 30.1 Å². The molecule has 1 aliphatic heterocycles. The van der Waals surface area contributed by atoms with Crippen molar-refractivity contribution < 1.29 is 15.0 Å². The number of primary amides is 1. The van der Waals surface area contributed by atoms with Crippen molar-refractivity contribution in [1.82, 2.24) is 4.90 Å². The van der Waals surface area contributed by atoms with Crippen molar-refractivity contribution in [2.24, 2.45) is 16.6 Å². The molecule has 0 spiro atoms. The van der Waals surface area contributed by atoms with Gasteiger partial charge in [-0.15, -0.1) is 11.3 Å². The number of benzene rings is 1. The minimum atomic E-state index is -0.980. The molecule has 1 saturated heterocycles. The summed E-state index contributed by atoms with van der Waals surface area (Å²) in [5.74, 6) is -0.951. The van der Waals surface area contributed by atoms with Crippen molar-refractivity contribution in [2.45, 2.75) is 36.5 Å². The van der Waals surface area contributed by atoms with Crippen LogP contribution in [-0.2, 0) is 11.3 Å². The highest BCUT2D eigenvalue weighted by molar-refractivity contribution is 8.14. The molecule has 142 valence electrons. The summed E-state index contributed by atoms with van der Waals surface area (Å²) < 4.78 is 0. The normalized spacial score (nSPS) is 31.9. The van der Waals surface area contributed by atoms with Crippen LogP contribution in [0.4, 0.5) is 5.69 Å². The molecule has 0 unspecified atom stereocenters. The Morgan fingerprint density at radius 3 is 2.67 bits per heavy atom. The number of carbonyl (C=O) groups is 1. The van der Waals surface area contributed by atoms with Crippen LogP contribution in [0.2, 0.25) is 0 Å². The van der Waals surface area contributed by atoms with E-state index in [2.05, 4.69) is 0 Å². The van der Waals surface area contributed by atoms with Crippen LogP contribution in [0, 0.1) is 5.92 Å². The van der Waals surface area contributed by atoms with Crippen LogP contribution in [0.1, 0.15) is 11.3 Å². The third kappa shape index (κ3) is 3.62. The van der Waals surface area contributed by atoms with E-state index in [0.717, 1.165) is 15.7 Å². The second-order valence-corrected chi connectivity index (χ2v) is 8.99. The molecule has 1 aromatic carbocycles. The van der Waals surface area contributed by atoms with Crippen LogP contribution >= 0.6 is 23.1 Å². The van der Waals surface area contributed by atoms with Crippen LogP contribution in [0.15, 0.2) is 52.8 Å². The fourth-order valence-corrected chi connectivity index (χ4v) is 6.03. The number of para-hydroxylation sites is 1. The van der Waals surface area contributed by atoms with Crippen LogP contribution in [0.5, 0.6) is 0 Å². The minimum Gasteiger partial charge on any atom is -0.390 e. The van der Waals surface area contributed by atoms with Crippen LogP contribution in [0.25, 0.3) is 0 Å². The average molecular weight is 404 g/mol. The van der Waals surface area contributed by atoms with E-state index in [0.29, 0.717) is 6.54 Å². The van der Waals surface area contributed by atoms with E-state index in [-0.39, 0.29) is 11.7 Å². The lowest BCUT2D eigenvalue weighted by Crippen LogP contribution is -2.58. The maximum Gasteiger partial charge on any atom is 0.221 e. The van der Waals surface area contributed by atoms with Gasteiger partial charge in [-0.3, -0.25) is 4.79 Å². The molecule has 8 heteroatoms. The molecule has 4 N–H and O–H groups in total. The lowest BCUT2D eigenvalue weighted by Gasteiger charge is -2.41. The number of aliphatic imine (C=N–C) groups is 1. The Hall–Kier alpha value is -1.87. The van der Waals surface area contributed by atoms with Gasteiger partial charge in [0.15, 0.2) is 5.17 Å². The van der Waals surface area contributed by atoms with Crippen LogP contribution < -0.4 is 5.73 Å². The second kappa shape index (κ2) is 7.63. The molecule has 1 aliphatic carbocycles. The van der Waals surface area contributed by atoms with Gasteiger partial charge in [0.1, 0.15) is 6.10 Å². The summed E-state index contributed by atoms with van der Waals surface area (Å²) in [6, 6.07) is 13.2. The Labute approximate surface area is 165 Å². The van der Waals surface area contributed by atoms with E-state index >= 15 is 0 Å². The summed E-state index contributed by atoms with van der Waals surface area (Å²) in [5, 5.41) is 23.6. The highest BCUT2D eigenvalue weighted by atomic mass is 32.2. The fraction of sp³-hybridized carbons (Fsp3) is 0.368. The molecule has 2 aliphatic rings. The van der Waals surface area contributed by atoms with Crippen molar-refractivity contribution >= 4 is 39.9 Å². The van der Waals surface area contributed by atoms with E-state index in [4.69, 9.17) is 10.7 Å². The number of rotatable bonds is 4. The number of hydrogen-bond donors (Lipinski definition) is 3. The molecule has 0 bridgehead atoms. The number of amides is 1. The monoisotopic (exact) mass is 403 g/mol. The second-order valence-electron chi connectivity index (χ2n) is 6.81. The lowest BCUT2D eigenvalue weighted by molar-refractivity contribution is -0.128. The standard InChI is InChI=1S/C19H21N3O3S2/c20-18(25)13-9-14(23)16(24)15-17(13)27-19(21-11-5-2-1-3-6-11)22(15)10-12-7-4-8-26-12/h1-8,13-17,23-24H,9-10H2,(H2,20,25)/t13-,14+,15+,16-,17+/m0/s1. The molecule has 5 atom stereocenters. The number of hydrogen-bond acceptors (Lipinski definition) is 6. The van der Waals surface area contributed by atoms with Gasteiger partial charge in [0.05, 0.1) is 30.3 Å². The number of thioether (sulfide) groups is 1. The number of nitrogens with zero attached hydrogens (tertiary/aromatic N) is 2. The maximum atomic E-state index is 12.0. The first-order valence-electron chi connectivity index (χ1n) is 8.79. The third-order valence-electron chi connectivity index (χ3n) is 5.07. The molecule has 4 rings (SSSR count). The molecule has 2 aromatic rings. The Morgan fingerprint density at radius 1 is 1.22 bits per heavy atom. The largest absolute Gasteiger partial charge is 0.390 e.